The van der Waals surface area contributed by atoms with E-state index in [0.29, 0.717) is 13.2 Å². The van der Waals surface area contributed by atoms with Gasteiger partial charge in [0.15, 0.2) is 0 Å². The van der Waals surface area contributed by atoms with Crippen molar-refractivity contribution in [1.82, 2.24) is 0 Å². The zero-order valence-electron chi connectivity index (χ0n) is 10.4. The van der Waals surface area contributed by atoms with Crippen LogP contribution in [0.1, 0.15) is 16.8 Å². The summed E-state index contributed by atoms with van der Waals surface area (Å²) < 4.78 is 9.86. The highest BCUT2D eigenvalue weighted by atomic mass is 16.6. The molecule has 1 atom stereocenters. The fraction of sp³-hybridized carbons (Fsp3) is 0.417. The van der Waals surface area contributed by atoms with E-state index in [4.69, 9.17) is 4.74 Å². The molecule has 1 fully saturated rings. The number of nitrogens with one attached hydrogen (secondary N) is 1. The van der Waals surface area contributed by atoms with E-state index in [-0.39, 0.29) is 23.0 Å². The minimum Gasteiger partial charge on any atom is -0.465 e. The summed E-state index contributed by atoms with van der Waals surface area (Å²) in [6, 6.07) is 4.29. The fourth-order valence-corrected chi connectivity index (χ4v) is 1.82. The average Bonchev–Trinajstić information content (AvgIpc) is 2.35. The molecule has 1 aromatic carbocycles. The summed E-state index contributed by atoms with van der Waals surface area (Å²) in [5.41, 5.74) is 0.174. The van der Waals surface area contributed by atoms with E-state index in [1.54, 1.807) is 0 Å². The smallest absolute Gasteiger partial charge is 0.340 e. The monoisotopic (exact) mass is 266 g/mol. The molecular weight excluding hydrogens is 252 g/mol. The molecule has 0 bridgehead atoms. The number of rotatable bonds is 5. The second-order valence-corrected chi connectivity index (χ2v) is 4.11. The van der Waals surface area contributed by atoms with Gasteiger partial charge in [0, 0.05) is 19.2 Å². The Hall–Kier alpha value is -2.15. The summed E-state index contributed by atoms with van der Waals surface area (Å²) in [4.78, 5) is 22.1. The van der Waals surface area contributed by atoms with Crippen LogP contribution in [0.4, 0.5) is 11.4 Å². The lowest BCUT2D eigenvalue weighted by Crippen LogP contribution is -2.34. The number of esters is 1. The molecule has 1 saturated heterocycles. The van der Waals surface area contributed by atoms with Crippen molar-refractivity contribution >= 4 is 17.3 Å². The lowest BCUT2D eigenvalue weighted by atomic mass is 10.1. The van der Waals surface area contributed by atoms with Crippen LogP contribution in [0.25, 0.3) is 0 Å². The van der Waals surface area contributed by atoms with Gasteiger partial charge in [-0.05, 0) is 12.5 Å². The van der Waals surface area contributed by atoms with Crippen LogP contribution in [0.5, 0.6) is 0 Å². The zero-order valence-corrected chi connectivity index (χ0v) is 10.4. The Kier molecular flexibility index (Phi) is 3.96. The molecule has 1 heterocycles. The van der Waals surface area contributed by atoms with Crippen molar-refractivity contribution < 1.29 is 19.2 Å². The van der Waals surface area contributed by atoms with Gasteiger partial charge in [0.2, 0.25) is 0 Å². The van der Waals surface area contributed by atoms with Crippen LogP contribution < -0.4 is 5.32 Å². The number of methoxy groups -OCH3 is 1. The molecule has 0 aromatic heterocycles. The third kappa shape index (κ3) is 2.82. The van der Waals surface area contributed by atoms with Gasteiger partial charge in [-0.2, -0.15) is 0 Å². The number of para-hydroxylation sites is 1. The Morgan fingerprint density at radius 2 is 2.37 bits per heavy atom. The SMILES string of the molecule is COC(=O)c1cccc([N+](=O)[O-])c1NC[C@@H]1CCO1. The van der Waals surface area contributed by atoms with Gasteiger partial charge in [-0.3, -0.25) is 10.1 Å². The molecular formula is C12H14N2O5. The number of hydrogen-bond acceptors (Lipinski definition) is 6. The van der Waals surface area contributed by atoms with Gasteiger partial charge in [0.1, 0.15) is 5.69 Å². The van der Waals surface area contributed by atoms with Crippen molar-refractivity contribution in [2.45, 2.75) is 12.5 Å². The third-order valence-corrected chi connectivity index (χ3v) is 2.94. The molecule has 2 rings (SSSR count). The van der Waals surface area contributed by atoms with Crippen LogP contribution in [0, 0.1) is 10.1 Å². The van der Waals surface area contributed by atoms with Crippen LogP contribution >= 0.6 is 0 Å². The summed E-state index contributed by atoms with van der Waals surface area (Å²) in [5.74, 6) is -0.610. The van der Waals surface area contributed by atoms with Gasteiger partial charge in [0.25, 0.3) is 5.69 Å². The Morgan fingerprint density at radius 1 is 1.63 bits per heavy atom. The summed E-state index contributed by atoms with van der Waals surface area (Å²) >= 11 is 0. The molecule has 102 valence electrons. The average molecular weight is 266 g/mol. The molecule has 1 aliphatic rings. The molecule has 0 aliphatic carbocycles. The van der Waals surface area contributed by atoms with E-state index in [2.05, 4.69) is 10.1 Å². The van der Waals surface area contributed by atoms with Crippen molar-refractivity contribution in [3.8, 4) is 0 Å². The lowest BCUT2D eigenvalue weighted by molar-refractivity contribution is -0.384. The molecule has 0 saturated carbocycles. The largest absolute Gasteiger partial charge is 0.465 e. The molecule has 1 aliphatic heterocycles. The highest BCUT2D eigenvalue weighted by molar-refractivity contribution is 5.98. The number of hydrogen-bond donors (Lipinski definition) is 1. The Morgan fingerprint density at radius 3 is 2.89 bits per heavy atom. The topological polar surface area (TPSA) is 90.7 Å². The van der Waals surface area contributed by atoms with Crippen molar-refractivity contribution in [3.63, 3.8) is 0 Å². The molecule has 0 spiro atoms. The molecule has 19 heavy (non-hydrogen) atoms. The Balaban J connectivity index is 2.28. The number of carbonyl (C=O) groups is 1. The van der Waals surface area contributed by atoms with Gasteiger partial charge in [-0.25, -0.2) is 4.79 Å². The first kappa shape index (κ1) is 13.3. The van der Waals surface area contributed by atoms with Crippen molar-refractivity contribution in [1.29, 1.82) is 0 Å². The van der Waals surface area contributed by atoms with Gasteiger partial charge < -0.3 is 14.8 Å². The molecule has 0 unspecified atom stereocenters. The van der Waals surface area contributed by atoms with Crippen LogP contribution in [0.3, 0.4) is 0 Å². The highest BCUT2D eigenvalue weighted by Gasteiger charge is 2.24. The standard InChI is InChI=1S/C12H14N2O5/c1-18-12(15)9-3-2-4-10(14(16)17)11(9)13-7-8-5-6-19-8/h2-4,8,13H,5-7H2,1H3/t8-/m0/s1. The number of anilines is 1. The quantitative estimate of drug-likeness (QED) is 0.494. The molecule has 0 radical (unpaired) electrons. The molecule has 0 amide bonds. The van der Waals surface area contributed by atoms with E-state index < -0.39 is 10.9 Å². The van der Waals surface area contributed by atoms with E-state index in [1.165, 1.54) is 25.3 Å². The maximum Gasteiger partial charge on any atom is 0.340 e. The normalized spacial score (nSPS) is 17.4. The minimum atomic E-state index is -0.610. The first-order valence-corrected chi connectivity index (χ1v) is 5.84. The summed E-state index contributed by atoms with van der Waals surface area (Å²) in [6.45, 7) is 1.13. The van der Waals surface area contributed by atoms with Crippen molar-refractivity contribution in [3.05, 3.63) is 33.9 Å². The number of ether oxygens (including phenoxy) is 2. The second-order valence-electron chi connectivity index (χ2n) is 4.11. The number of benzene rings is 1. The highest BCUT2D eigenvalue weighted by Crippen LogP contribution is 2.29. The lowest BCUT2D eigenvalue weighted by Gasteiger charge is -2.27. The van der Waals surface area contributed by atoms with E-state index in [1.807, 2.05) is 0 Å². The van der Waals surface area contributed by atoms with E-state index >= 15 is 0 Å². The van der Waals surface area contributed by atoms with Crippen molar-refractivity contribution in [2.24, 2.45) is 0 Å². The van der Waals surface area contributed by atoms with Gasteiger partial charge in [-0.15, -0.1) is 0 Å². The predicted molar refractivity (Wildman–Crippen MR) is 67.3 cm³/mol. The first-order chi connectivity index (χ1) is 9.13. The van der Waals surface area contributed by atoms with Crippen LogP contribution in [-0.2, 0) is 9.47 Å². The molecule has 1 aromatic rings. The summed E-state index contributed by atoms with van der Waals surface area (Å²) in [5, 5.41) is 13.9. The maximum atomic E-state index is 11.6. The fourth-order valence-electron chi connectivity index (χ4n) is 1.82. The van der Waals surface area contributed by atoms with Gasteiger partial charge in [0.05, 0.1) is 23.7 Å². The summed E-state index contributed by atoms with van der Waals surface area (Å²) in [6.07, 6.45) is 0.937. The minimum absolute atomic E-state index is 0.0327. The Labute approximate surface area is 109 Å². The third-order valence-electron chi connectivity index (χ3n) is 2.94. The zero-order chi connectivity index (χ0) is 13.8. The number of nitro benzene ring substituents is 1. The number of nitrogens with zero attached hydrogens (tertiary/aromatic N) is 1. The maximum absolute atomic E-state index is 11.6. The van der Waals surface area contributed by atoms with Crippen LogP contribution in [-0.4, -0.2) is 37.3 Å². The van der Waals surface area contributed by atoms with E-state index in [9.17, 15) is 14.9 Å². The predicted octanol–water partition coefficient (Wildman–Crippen LogP) is 1.58. The van der Waals surface area contributed by atoms with Crippen molar-refractivity contribution in [2.75, 3.05) is 25.6 Å². The summed E-state index contributed by atoms with van der Waals surface area (Å²) in [7, 11) is 1.24. The molecule has 7 nitrogen and oxygen atoms in total. The van der Waals surface area contributed by atoms with Crippen LogP contribution in [0.2, 0.25) is 0 Å². The number of carbonyl (C=O) groups excluding carboxylic acids is 1. The van der Waals surface area contributed by atoms with Gasteiger partial charge >= 0.3 is 5.97 Å². The first-order valence-electron chi connectivity index (χ1n) is 5.84. The van der Waals surface area contributed by atoms with Crippen LogP contribution in [0.15, 0.2) is 18.2 Å². The van der Waals surface area contributed by atoms with E-state index in [0.717, 1.165) is 6.42 Å². The number of nitro groups is 1. The molecule has 7 heteroatoms. The molecule has 1 N–H and O–H groups in total. The second kappa shape index (κ2) is 5.66. The Bertz CT molecular complexity index is 499. The van der Waals surface area contributed by atoms with Gasteiger partial charge in [-0.1, -0.05) is 6.07 Å².